The highest BCUT2D eigenvalue weighted by Gasteiger charge is 2.22. The minimum Gasteiger partial charge on any atom is -0.495 e. The summed E-state index contributed by atoms with van der Waals surface area (Å²) in [6.45, 7) is -0.680. The summed E-state index contributed by atoms with van der Waals surface area (Å²) in [6.07, 6.45) is 0. The number of aliphatic hydroxyl groups excluding tert-OH is 1. The molecule has 1 aromatic rings. The number of hydrogen-bond donors (Lipinski definition) is 3. The van der Waals surface area contributed by atoms with Gasteiger partial charge in [-0.25, -0.2) is 9.59 Å². The summed E-state index contributed by atoms with van der Waals surface area (Å²) < 4.78 is 5.11. The molecular formula is C12H16N2O5. The van der Waals surface area contributed by atoms with Crippen LogP contribution in [0.1, 0.15) is 0 Å². The Morgan fingerprint density at radius 3 is 2.58 bits per heavy atom. The molecule has 7 heteroatoms. The molecule has 2 amide bonds. The molecule has 0 saturated heterocycles. The molecule has 1 rings (SSSR count). The van der Waals surface area contributed by atoms with E-state index >= 15 is 0 Å². The second kappa shape index (κ2) is 6.60. The zero-order valence-corrected chi connectivity index (χ0v) is 10.7. The number of nitrogens with one attached hydrogen (secondary N) is 1. The fourth-order valence-corrected chi connectivity index (χ4v) is 1.45. The van der Waals surface area contributed by atoms with Gasteiger partial charge in [-0.05, 0) is 12.1 Å². The number of rotatable bonds is 5. The van der Waals surface area contributed by atoms with E-state index in [1.807, 2.05) is 0 Å². The number of anilines is 1. The van der Waals surface area contributed by atoms with Gasteiger partial charge in [0, 0.05) is 7.05 Å². The van der Waals surface area contributed by atoms with Crippen molar-refractivity contribution in [3.8, 4) is 5.75 Å². The average Bonchev–Trinajstić information content (AvgIpc) is 2.43. The molecule has 19 heavy (non-hydrogen) atoms. The van der Waals surface area contributed by atoms with E-state index in [-0.39, 0.29) is 0 Å². The number of methoxy groups -OCH3 is 1. The Morgan fingerprint density at radius 1 is 1.42 bits per heavy atom. The van der Waals surface area contributed by atoms with Gasteiger partial charge in [0.05, 0.1) is 19.4 Å². The van der Waals surface area contributed by atoms with Gasteiger partial charge in [0.25, 0.3) is 0 Å². The molecule has 0 bridgehead atoms. The van der Waals surface area contributed by atoms with Gasteiger partial charge in [-0.1, -0.05) is 12.1 Å². The lowest BCUT2D eigenvalue weighted by Crippen LogP contribution is -2.48. The van der Waals surface area contributed by atoms with E-state index in [0.29, 0.717) is 11.4 Å². The lowest BCUT2D eigenvalue weighted by atomic mass is 10.2. The second-order valence-electron chi connectivity index (χ2n) is 3.75. The van der Waals surface area contributed by atoms with Crippen molar-refractivity contribution in [1.29, 1.82) is 0 Å². The largest absolute Gasteiger partial charge is 0.495 e. The number of amides is 2. The van der Waals surface area contributed by atoms with Crippen molar-refractivity contribution in [2.45, 2.75) is 6.04 Å². The zero-order valence-electron chi connectivity index (χ0n) is 10.7. The summed E-state index contributed by atoms with van der Waals surface area (Å²) in [6, 6.07) is 4.83. The van der Waals surface area contributed by atoms with Gasteiger partial charge in [-0.2, -0.15) is 0 Å². The summed E-state index contributed by atoms with van der Waals surface area (Å²) in [5.41, 5.74) is 0.490. The Morgan fingerprint density at radius 2 is 2.05 bits per heavy atom. The molecule has 0 spiro atoms. The Hall–Kier alpha value is -2.28. The maximum absolute atomic E-state index is 11.9. The SMILES string of the molecule is COc1ccccc1N(C)C(=O)NC(CO)C(=O)O. The maximum Gasteiger partial charge on any atom is 0.328 e. The molecule has 1 aromatic carbocycles. The minimum absolute atomic E-state index is 0.482. The van der Waals surface area contributed by atoms with Crippen LogP contribution in [0.5, 0.6) is 5.75 Å². The zero-order chi connectivity index (χ0) is 14.4. The molecule has 1 atom stereocenters. The van der Waals surface area contributed by atoms with E-state index < -0.39 is 24.6 Å². The van der Waals surface area contributed by atoms with Crippen molar-refractivity contribution < 1.29 is 24.5 Å². The van der Waals surface area contributed by atoms with Crippen molar-refractivity contribution in [3.05, 3.63) is 24.3 Å². The van der Waals surface area contributed by atoms with Crippen molar-refractivity contribution in [2.24, 2.45) is 0 Å². The molecule has 7 nitrogen and oxygen atoms in total. The lowest BCUT2D eigenvalue weighted by molar-refractivity contribution is -0.140. The van der Waals surface area contributed by atoms with Crippen LogP contribution < -0.4 is 15.0 Å². The third-order valence-corrected chi connectivity index (χ3v) is 2.53. The predicted molar refractivity (Wildman–Crippen MR) is 68.4 cm³/mol. The number of benzene rings is 1. The van der Waals surface area contributed by atoms with Crippen LogP contribution in [0, 0.1) is 0 Å². The van der Waals surface area contributed by atoms with Gasteiger partial charge in [-0.15, -0.1) is 0 Å². The Bertz CT molecular complexity index is 463. The molecule has 0 heterocycles. The number of carboxylic acid groups (broad SMARTS) is 1. The number of aliphatic carboxylic acids is 1. The highest BCUT2D eigenvalue weighted by molar-refractivity contribution is 5.95. The van der Waals surface area contributed by atoms with Crippen molar-refractivity contribution in [2.75, 3.05) is 25.7 Å². The Balaban J connectivity index is 2.84. The molecule has 0 fully saturated rings. The van der Waals surface area contributed by atoms with Crippen molar-refractivity contribution in [1.82, 2.24) is 5.32 Å². The molecular weight excluding hydrogens is 252 g/mol. The van der Waals surface area contributed by atoms with Crippen LogP contribution in [0.15, 0.2) is 24.3 Å². The summed E-state index contributed by atoms with van der Waals surface area (Å²) in [5, 5.41) is 19.8. The van der Waals surface area contributed by atoms with E-state index in [4.69, 9.17) is 14.9 Å². The molecule has 0 aliphatic rings. The Kier molecular flexibility index (Phi) is 5.13. The molecule has 0 aliphatic heterocycles. The summed E-state index contributed by atoms with van der Waals surface area (Å²) >= 11 is 0. The number of para-hydroxylation sites is 2. The standard InChI is InChI=1S/C12H16N2O5/c1-14(9-5-3-4-6-10(9)19-2)12(18)13-8(7-15)11(16)17/h3-6,8,15H,7H2,1-2H3,(H,13,18)(H,16,17). The van der Waals surface area contributed by atoms with Gasteiger partial charge in [0.2, 0.25) is 0 Å². The molecule has 0 aliphatic carbocycles. The molecule has 104 valence electrons. The normalized spacial score (nSPS) is 11.5. The van der Waals surface area contributed by atoms with Crippen molar-refractivity contribution >= 4 is 17.7 Å². The highest BCUT2D eigenvalue weighted by atomic mass is 16.5. The number of hydrogen-bond acceptors (Lipinski definition) is 4. The second-order valence-corrected chi connectivity index (χ2v) is 3.75. The molecule has 3 N–H and O–H groups in total. The van der Waals surface area contributed by atoms with Crippen LogP contribution >= 0.6 is 0 Å². The topological polar surface area (TPSA) is 99.1 Å². The number of carboxylic acids is 1. The van der Waals surface area contributed by atoms with Crippen LogP contribution in [0.4, 0.5) is 10.5 Å². The number of ether oxygens (including phenoxy) is 1. The van der Waals surface area contributed by atoms with Gasteiger partial charge in [0.1, 0.15) is 5.75 Å². The quantitative estimate of drug-likeness (QED) is 0.712. The Labute approximate surface area is 110 Å². The van der Waals surface area contributed by atoms with Crippen LogP contribution in [-0.2, 0) is 4.79 Å². The van der Waals surface area contributed by atoms with E-state index in [2.05, 4.69) is 5.32 Å². The third kappa shape index (κ3) is 3.59. The fourth-order valence-electron chi connectivity index (χ4n) is 1.45. The van der Waals surface area contributed by atoms with Crippen LogP contribution in [0.25, 0.3) is 0 Å². The van der Waals surface area contributed by atoms with E-state index in [0.717, 1.165) is 0 Å². The first-order valence-electron chi connectivity index (χ1n) is 5.52. The monoisotopic (exact) mass is 268 g/mol. The van der Waals surface area contributed by atoms with Gasteiger partial charge < -0.3 is 20.3 Å². The summed E-state index contributed by atoms with van der Waals surface area (Å²) in [5.74, 6) is -0.819. The summed E-state index contributed by atoms with van der Waals surface area (Å²) in [7, 11) is 2.95. The number of carbonyl (C=O) groups excluding carboxylic acids is 1. The van der Waals surface area contributed by atoms with Crippen LogP contribution in [0.3, 0.4) is 0 Å². The first-order valence-corrected chi connectivity index (χ1v) is 5.52. The highest BCUT2D eigenvalue weighted by Crippen LogP contribution is 2.26. The molecule has 0 aromatic heterocycles. The van der Waals surface area contributed by atoms with E-state index in [1.54, 1.807) is 24.3 Å². The van der Waals surface area contributed by atoms with E-state index in [1.165, 1.54) is 19.1 Å². The smallest absolute Gasteiger partial charge is 0.328 e. The number of carbonyl (C=O) groups is 2. The van der Waals surface area contributed by atoms with Crippen LogP contribution in [0.2, 0.25) is 0 Å². The lowest BCUT2D eigenvalue weighted by Gasteiger charge is -2.22. The first-order chi connectivity index (χ1) is 9.01. The predicted octanol–water partition coefficient (Wildman–Crippen LogP) is 0.287. The number of nitrogens with zero attached hydrogens (tertiary/aromatic N) is 1. The van der Waals surface area contributed by atoms with Gasteiger partial charge in [-0.3, -0.25) is 4.90 Å². The average molecular weight is 268 g/mol. The minimum atomic E-state index is -1.34. The maximum atomic E-state index is 11.9. The van der Waals surface area contributed by atoms with Gasteiger partial charge in [0.15, 0.2) is 6.04 Å². The molecule has 0 radical (unpaired) electrons. The first kappa shape index (κ1) is 14.8. The van der Waals surface area contributed by atoms with Crippen LogP contribution in [-0.4, -0.2) is 49.0 Å². The third-order valence-electron chi connectivity index (χ3n) is 2.53. The molecule has 0 saturated carbocycles. The number of urea groups is 1. The fraction of sp³-hybridized carbons (Fsp3) is 0.333. The molecule has 1 unspecified atom stereocenters. The van der Waals surface area contributed by atoms with Crippen molar-refractivity contribution in [3.63, 3.8) is 0 Å². The summed E-state index contributed by atoms with van der Waals surface area (Å²) in [4.78, 5) is 23.8. The van der Waals surface area contributed by atoms with Gasteiger partial charge >= 0.3 is 12.0 Å². The number of aliphatic hydroxyl groups is 1. The van der Waals surface area contributed by atoms with E-state index in [9.17, 15) is 9.59 Å².